The first kappa shape index (κ1) is 18.2. The minimum Gasteiger partial charge on any atom is -0.478 e. The second kappa shape index (κ2) is 7.31. The molecule has 2 aromatic rings. The van der Waals surface area contributed by atoms with Crippen molar-refractivity contribution < 1.29 is 23.1 Å². The molecule has 1 aliphatic carbocycles. The molecule has 2 aromatic heterocycles. The van der Waals surface area contributed by atoms with Gasteiger partial charge in [0.15, 0.2) is 5.82 Å². The molecule has 0 atom stereocenters. The SMILES string of the molecule is O=C(O)C=Cc1cn(-c2ccc(C(F)(F)F)cn2)nc1C1CCCCC1. The molecule has 8 heteroatoms. The first-order valence-corrected chi connectivity index (χ1v) is 8.39. The normalized spacial score (nSPS) is 16.3. The summed E-state index contributed by atoms with van der Waals surface area (Å²) in [5, 5.41) is 13.4. The zero-order valence-electron chi connectivity index (χ0n) is 13.9. The van der Waals surface area contributed by atoms with E-state index in [1.54, 1.807) is 6.20 Å². The van der Waals surface area contributed by atoms with Crippen molar-refractivity contribution in [1.82, 2.24) is 14.8 Å². The van der Waals surface area contributed by atoms with Gasteiger partial charge in [-0.05, 0) is 31.1 Å². The van der Waals surface area contributed by atoms with Crippen LogP contribution < -0.4 is 0 Å². The predicted octanol–water partition coefficient (Wildman–Crippen LogP) is 4.43. The maximum Gasteiger partial charge on any atom is 0.417 e. The Labute approximate surface area is 148 Å². The standard InChI is InChI=1S/C18H18F3N3O2/c19-18(20,21)14-7-8-15(22-10-14)24-11-13(6-9-16(25)26)17(23-24)12-4-2-1-3-5-12/h6-12H,1-5H2,(H,25,26). The highest BCUT2D eigenvalue weighted by Crippen LogP contribution is 2.34. The third-order valence-electron chi connectivity index (χ3n) is 4.48. The van der Waals surface area contributed by atoms with Crippen molar-refractivity contribution >= 4 is 12.0 Å². The monoisotopic (exact) mass is 365 g/mol. The summed E-state index contributed by atoms with van der Waals surface area (Å²) in [6, 6.07) is 2.21. The van der Waals surface area contributed by atoms with Gasteiger partial charge in [-0.1, -0.05) is 19.3 Å². The van der Waals surface area contributed by atoms with Crippen LogP contribution in [0.5, 0.6) is 0 Å². The summed E-state index contributed by atoms with van der Waals surface area (Å²) >= 11 is 0. The first-order valence-electron chi connectivity index (χ1n) is 8.39. The highest BCUT2D eigenvalue weighted by atomic mass is 19.4. The van der Waals surface area contributed by atoms with Crippen LogP contribution in [0.4, 0.5) is 13.2 Å². The molecule has 0 unspecified atom stereocenters. The lowest BCUT2D eigenvalue weighted by atomic mass is 9.85. The van der Waals surface area contributed by atoms with Gasteiger partial charge in [0.1, 0.15) is 0 Å². The van der Waals surface area contributed by atoms with Crippen LogP contribution in [-0.2, 0) is 11.0 Å². The van der Waals surface area contributed by atoms with Crippen LogP contribution in [0.15, 0.2) is 30.6 Å². The fourth-order valence-corrected chi connectivity index (χ4v) is 3.19. The number of carboxylic acids is 1. The second-order valence-corrected chi connectivity index (χ2v) is 6.32. The second-order valence-electron chi connectivity index (χ2n) is 6.32. The van der Waals surface area contributed by atoms with Gasteiger partial charge in [-0.2, -0.15) is 18.3 Å². The molecular formula is C18H18F3N3O2. The van der Waals surface area contributed by atoms with Gasteiger partial charge in [-0.15, -0.1) is 0 Å². The fourth-order valence-electron chi connectivity index (χ4n) is 3.19. The molecule has 0 spiro atoms. The van der Waals surface area contributed by atoms with Crippen LogP contribution >= 0.6 is 0 Å². The van der Waals surface area contributed by atoms with Crippen LogP contribution in [0, 0.1) is 0 Å². The van der Waals surface area contributed by atoms with Gasteiger partial charge in [0.05, 0.1) is 11.3 Å². The summed E-state index contributed by atoms with van der Waals surface area (Å²) in [5.74, 6) is -0.599. The van der Waals surface area contributed by atoms with Gasteiger partial charge >= 0.3 is 12.1 Å². The predicted molar refractivity (Wildman–Crippen MR) is 88.9 cm³/mol. The Bertz CT molecular complexity index is 804. The molecule has 138 valence electrons. The average Bonchev–Trinajstić information content (AvgIpc) is 3.04. The Morgan fingerprint density at radius 2 is 1.96 bits per heavy atom. The third-order valence-corrected chi connectivity index (χ3v) is 4.48. The van der Waals surface area contributed by atoms with E-state index in [9.17, 15) is 18.0 Å². The van der Waals surface area contributed by atoms with E-state index >= 15 is 0 Å². The number of hydrogen-bond donors (Lipinski definition) is 1. The van der Waals surface area contributed by atoms with Crippen molar-refractivity contribution in [2.45, 2.75) is 44.2 Å². The van der Waals surface area contributed by atoms with Crippen molar-refractivity contribution in [3.63, 3.8) is 0 Å². The number of alkyl halides is 3. The molecule has 0 amide bonds. The van der Waals surface area contributed by atoms with Crippen molar-refractivity contribution in [2.24, 2.45) is 0 Å². The molecule has 0 saturated heterocycles. The Hall–Kier alpha value is -2.64. The van der Waals surface area contributed by atoms with Gasteiger partial charge in [0, 0.05) is 30.0 Å². The van der Waals surface area contributed by atoms with E-state index in [4.69, 9.17) is 5.11 Å². The number of aliphatic carboxylic acids is 1. The van der Waals surface area contributed by atoms with Crippen LogP contribution in [0.3, 0.4) is 0 Å². The number of halogens is 3. The van der Waals surface area contributed by atoms with Crippen LogP contribution in [0.25, 0.3) is 11.9 Å². The minimum atomic E-state index is -4.45. The van der Waals surface area contributed by atoms with E-state index in [0.717, 1.165) is 56.1 Å². The van der Waals surface area contributed by atoms with E-state index in [1.807, 2.05) is 0 Å². The third kappa shape index (κ3) is 4.12. The number of carboxylic acid groups (broad SMARTS) is 1. The summed E-state index contributed by atoms with van der Waals surface area (Å²) < 4.78 is 39.5. The number of aromatic nitrogens is 3. The van der Waals surface area contributed by atoms with Crippen molar-refractivity contribution in [3.8, 4) is 5.82 Å². The van der Waals surface area contributed by atoms with Gasteiger partial charge in [0.25, 0.3) is 0 Å². The molecule has 1 aliphatic rings. The fraction of sp³-hybridized carbons (Fsp3) is 0.389. The molecule has 0 aliphatic heterocycles. The van der Waals surface area contributed by atoms with Crippen LogP contribution in [-0.4, -0.2) is 25.8 Å². The van der Waals surface area contributed by atoms with Gasteiger partial charge in [0.2, 0.25) is 0 Å². The minimum absolute atomic E-state index is 0.216. The lowest BCUT2D eigenvalue weighted by molar-refractivity contribution is -0.137. The molecule has 0 bridgehead atoms. The Morgan fingerprint density at radius 3 is 2.54 bits per heavy atom. The molecule has 0 radical (unpaired) electrons. The highest BCUT2D eigenvalue weighted by molar-refractivity contribution is 5.85. The topological polar surface area (TPSA) is 68.0 Å². The summed E-state index contributed by atoms with van der Waals surface area (Å²) in [6.07, 6.45) is 5.69. The van der Waals surface area contributed by atoms with Crippen LogP contribution in [0.2, 0.25) is 0 Å². The smallest absolute Gasteiger partial charge is 0.417 e. The first-order chi connectivity index (χ1) is 12.3. The summed E-state index contributed by atoms with van der Waals surface area (Å²) in [6.45, 7) is 0. The van der Waals surface area contributed by atoms with E-state index in [2.05, 4.69) is 10.1 Å². The van der Waals surface area contributed by atoms with E-state index in [1.165, 1.54) is 16.8 Å². The molecular weight excluding hydrogens is 347 g/mol. The number of rotatable bonds is 4. The Balaban J connectivity index is 1.95. The molecule has 5 nitrogen and oxygen atoms in total. The highest BCUT2D eigenvalue weighted by Gasteiger charge is 2.31. The maximum absolute atomic E-state index is 12.7. The number of carbonyl (C=O) groups is 1. The van der Waals surface area contributed by atoms with Crippen molar-refractivity contribution in [3.05, 3.63) is 47.4 Å². The molecule has 3 rings (SSSR count). The summed E-state index contributed by atoms with van der Waals surface area (Å²) in [7, 11) is 0. The molecule has 0 aromatic carbocycles. The zero-order chi connectivity index (χ0) is 18.7. The van der Waals surface area contributed by atoms with E-state index in [0.29, 0.717) is 5.56 Å². The zero-order valence-corrected chi connectivity index (χ0v) is 13.9. The lowest BCUT2D eigenvalue weighted by Gasteiger charge is -2.20. The average molecular weight is 365 g/mol. The van der Waals surface area contributed by atoms with Gasteiger partial charge < -0.3 is 5.11 Å². The largest absolute Gasteiger partial charge is 0.478 e. The molecule has 1 saturated carbocycles. The van der Waals surface area contributed by atoms with E-state index in [-0.39, 0.29) is 11.7 Å². The summed E-state index contributed by atoms with van der Waals surface area (Å²) in [5.41, 5.74) is 0.594. The molecule has 26 heavy (non-hydrogen) atoms. The quantitative estimate of drug-likeness (QED) is 0.814. The molecule has 1 fully saturated rings. The number of nitrogens with zero attached hydrogens (tertiary/aromatic N) is 3. The van der Waals surface area contributed by atoms with Gasteiger partial charge in [-0.25, -0.2) is 14.5 Å². The lowest BCUT2D eigenvalue weighted by Crippen LogP contribution is -2.08. The Kier molecular flexibility index (Phi) is 5.11. The van der Waals surface area contributed by atoms with Crippen LogP contribution in [0.1, 0.15) is 54.8 Å². The van der Waals surface area contributed by atoms with Crippen molar-refractivity contribution in [1.29, 1.82) is 0 Å². The molecule has 1 N–H and O–H groups in total. The van der Waals surface area contributed by atoms with Gasteiger partial charge in [-0.3, -0.25) is 0 Å². The molecule has 2 heterocycles. The Morgan fingerprint density at radius 1 is 1.23 bits per heavy atom. The summed E-state index contributed by atoms with van der Waals surface area (Å²) in [4.78, 5) is 14.7. The van der Waals surface area contributed by atoms with Crippen molar-refractivity contribution in [2.75, 3.05) is 0 Å². The maximum atomic E-state index is 12.7. The number of hydrogen-bond acceptors (Lipinski definition) is 3. The van der Waals surface area contributed by atoms with E-state index < -0.39 is 17.7 Å². The number of pyridine rings is 1.